The predicted octanol–water partition coefficient (Wildman–Crippen LogP) is 0.346. The molecule has 1 aliphatic rings. The van der Waals surface area contributed by atoms with Crippen LogP contribution in [0.2, 0.25) is 0 Å². The van der Waals surface area contributed by atoms with Crippen molar-refractivity contribution in [2.75, 3.05) is 25.0 Å². The van der Waals surface area contributed by atoms with E-state index >= 15 is 0 Å². The van der Waals surface area contributed by atoms with E-state index in [1.807, 2.05) is 6.07 Å². The number of amides is 3. The molecule has 1 aliphatic heterocycles. The molecule has 0 unspecified atom stereocenters. The summed E-state index contributed by atoms with van der Waals surface area (Å²) in [4.78, 5) is 35.8. The second-order valence-corrected chi connectivity index (χ2v) is 4.95. The SMILES string of the molecule is O=C(CN1C(=O)CNCC1=O)Nc1cccc(Br)c1. The van der Waals surface area contributed by atoms with Gasteiger partial charge in [-0.25, -0.2) is 0 Å². The third-order valence-electron chi connectivity index (χ3n) is 2.56. The number of imide groups is 1. The van der Waals surface area contributed by atoms with Gasteiger partial charge in [-0.05, 0) is 18.2 Å². The zero-order valence-electron chi connectivity index (χ0n) is 9.98. The van der Waals surface area contributed by atoms with Gasteiger partial charge in [-0.3, -0.25) is 24.6 Å². The molecule has 0 aromatic heterocycles. The van der Waals surface area contributed by atoms with Crippen molar-refractivity contribution in [2.24, 2.45) is 0 Å². The van der Waals surface area contributed by atoms with E-state index in [4.69, 9.17) is 0 Å². The number of halogens is 1. The lowest BCUT2D eigenvalue weighted by atomic mass is 10.3. The Labute approximate surface area is 118 Å². The van der Waals surface area contributed by atoms with E-state index in [9.17, 15) is 14.4 Å². The van der Waals surface area contributed by atoms with Gasteiger partial charge in [0.15, 0.2) is 0 Å². The number of hydrogen-bond donors (Lipinski definition) is 2. The first-order chi connectivity index (χ1) is 9.06. The molecule has 19 heavy (non-hydrogen) atoms. The van der Waals surface area contributed by atoms with Crippen LogP contribution in [0.4, 0.5) is 5.69 Å². The standard InChI is InChI=1S/C12H12BrN3O3/c13-8-2-1-3-9(4-8)15-10(17)7-16-11(18)5-14-6-12(16)19/h1-4,14H,5-7H2,(H,15,17). The monoisotopic (exact) mass is 325 g/mol. The molecule has 0 atom stereocenters. The Hall–Kier alpha value is -1.73. The van der Waals surface area contributed by atoms with Crippen LogP contribution >= 0.6 is 15.9 Å². The van der Waals surface area contributed by atoms with Crippen LogP contribution in [-0.4, -0.2) is 42.3 Å². The first-order valence-electron chi connectivity index (χ1n) is 5.65. The minimum atomic E-state index is -0.401. The van der Waals surface area contributed by atoms with Gasteiger partial charge in [0, 0.05) is 10.2 Å². The van der Waals surface area contributed by atoms with E-state index in [2.05, 4.69) is 26.6 Å². The van der Waals surface area contributed by atoms with Crippen molar-refractivity contribution in [1.82, 2.24) is 10.2 Å². The summed E-state index contributed by atoms with van der Waals surface area (Å²) in [6, 6.07) is 7.07. The number of hydrogen-bond acceptors (Lipinski definition) is 4. The molecule has 0 spiro atoms. The summed E-state index contributed by atoms with van der Waals surface area (Å²) in [6.07, 6.45) is 0. The zero-order chi connectivity index (χ0) is 13.8. The van der Waals surface area contributed by atoms with Crippen LogP contribution in [0.1, 0.15) is 0 Å². The van der Waals surface area contributed by atoms with Crippen LogP contribution in [0.3, 0.4) is 0 Å². The number of anilines is 1. The van der Waals surface area contributed by atoms with Gasteiger partial charge in [0.2, 0.25) is 17.7 Å². The molecule has 0 aliphatic carbocycles. The Balaban J connectivity index is 1.97. The molecule has 7 heteroatoms. The lowest BCUT2D eigenvalue weighted by Gasteiger charge is -2.24. The number of piperazine rings is 1. The summed E-state index contributed by atoms with van der Waals surface area (Å²) in [5, 5.41) is 5.30. The second-order valence-electron chi connectivity index (χ2n) is 4.04. The lowest BCUT2D eigenvalue weighted by molar-refractivity contribution is -0.148. The molecule has 100 valence electrons. The Morgan fingerprint density at radius 3 is 2.63 bits per heavy atom. The molecule has 2 N–H and O–H groups in total. The molecule has 1 aromatic rings. The van der Waals surface area contributed by atoms with Crippen molar-refractivity contribution in [1.29, 1.82) is 0 Å². The Morgan fingerprint density at radius 1 is 1.32 bits per heavy atom. The van der Waals surface area contributed by atoms with Crippen LogP contribution in [0, 0.1) is 0 Å². The molecule has 6 nitrogen and oxygen atoms in total. The summed E-state index contributed by atoms with van der Waals surface area (Å²) in [7, 11) is 0. The van der Waals surface area contributed by atoms with Gasteiger partial charge in [0.1, 0.15) is 6.54 Å². The fraction of sp³-hybridized carbons (Fsp3) is 0.250. The molecule has 0 radical (unpaired) electrons. The quantitative estimate of drug-likeness (QED) is 0.786. The zero-order valence-corrected chi connectivity index (χ0v) is 11.6. The summed E-state index contributed by atoms with van der Waals surface area (Å²) in [5.41, 5.74) is 0.606. The summed E-state index contributed by atoms with van der Waals surface area (Å²) < 4.78 is 0.833. The smallest absolute Gasteiger partial charge is 0.244 e. The molecule has 0 bridgehead atoms. The number of benzene rings is 1. The summed E-state index contributed by atoms with van der Waals surface area (Å²) in [6.45, 7) is -0.0995. The van der Waals surface area contributed by atoms with Crippen LogP contribution in [0.5, 0.6) is 0 Å². The van der Waals surface area contributed by atoms with Crippen molar-refractivity contribution in [2.45, 2.75) is 0 Å². The minimum absolute atomic E-state index is 0.0793. The first kappa shape index (κ1) is 13.7. The Kier molecular flexibility index (Phi) is 4.28. The third kappa shape index (κ3) is 3.62. The van der Waals surface area contributed by atoms with Crippen molar-refractivity contribution < 1.29 is 14.4 Å². The average molecular weight is 326 g/mol. The second kappa shape index (κ2) is 5.94. The fourth-order valence-corrected chi connectivity index (χ4v) is 2.09. The van der Waals surface area contributed by atoms with Crippen LogP contribution in [-0.2, 0) is 14.4 Å². The molecule has 1 saturated heterocycles. The molecular formula is C12H12BrN3O3. The number of nitrogens with zero attached hydrogens (tertiary/aromatic N) is 1. The highest BCUT2D eigenvalue weighted by Crippen LogP contribution is 2.15. The van der Waals surface area contributed by atoms with Gasteiger partial charge in [-0.15, -0.1) is 0 Å². The molecule has 0 saturated carbocycles. The highest BCUT2D eigenvalue weighted by Gasteiger charge is 2.27. The van der Waals surface area contributed by atoms with Gasteiger partial charge in [0.25, 0.3) is 0 Å². The number of carbonyl (C=O) groups excluding carboxylic acids is 3. The van der Waals surface area contributed by atoms with Crippen molar-refractivity contribution >= 4 is 39.3 Å². The number of rotatable bonds is 3. The largest absolute Gasteiger partial charge is 0.324 e. The van der Waals surface area contributed by atoms with E-state index in [1.54, 1.807) is 18.2 Å². The average Bonchev–Trinajstić information content (AvgIpc) is 2.34. The predicted molar refractivity (Wildman–Crippen MR) is 72.4 cm³/mol. The van der Waals surface area contributed by atoms with Crippen molar-refractivity contribution in [3.8, 4) is 0 Å². The van der Waals surface area contributed by atoms with Crippen LogP contribution in [0.15, 0.2) is 28.7 Å². The molecule has 1 heterocycles. The van der Waals surface area contributed by atoms with E-state index in [0.29, 0.717) is 5.69 Å². The minimum Gasteiger partial charge on any atom is -0.324 e. The van der Waals surface area contributed by atoms with Crippen LogP contribution in [0.25, 0.3) is 0 Å². The van der Waals surface area contributed by atoms with Crippen molar-refractivity contribution in [3.05, 3.63) is 28.7 Å². The lowest BCUT2D eigenvalue weighted by Crippen LogP contribution is -2.54. The Bertz CT molecular complexity index is 517. The van der Waals surface area contributed by atoms with Crippen LogP contribution < -0.4 is 10.6 Å². The highest BCUT2D eigenvalue weighted by atomic mass is 79.9. The van der Waals surface area contributed by atoms with Gasteiger partial charge < -0.3 is 5.32 Å². The molecule has 1 fully saturated rings. The molecule has 3 amide bonds. The maximum atomic E-state index is 11.8. The maximum absolute atomic E-state index is 11.8. The normalized spacial score (nSPS) is 15.5. The highest BCUT2D eigenvalue weighted by molar-refractivity contribution is 9.10. The maximum Gasteiger partial charge on any atom is 0.244 e. The van der Waals surface area contributed by atoms with Gasteiger partial charge in [0.05, 0.1) is 13.1 Å². The third-order valence-corrected chi connectivity index (χ3v) is 3.06. The summed E-state index contributed by atoms with van der Waals surface area (Å²) >= 11 is 3.29. The van der Waals surface area contributed by atoms with Crippen molar-refractivity contribution in [3.63, 3.8) is 0 Å². The van der Waals surface area contributed by atoms with E-state index in [1.165, 1.54) is 0 Å². The first-order valence-corrected chi connectivity index (χ1v) is 6.45. The topological polar surface area (TPSA) is 78.5 Å². The molecular weight excluding hydrogens is 314 g/mol. The van der Waals surface area contributed by atoms with Gasteiger partial charge in [-0.2, -0.15) is 0 Å². The van der Waals surface area contributed by atoms with Gasteiger partial charge >= 0.3 is 0 Å². The Morgan fingerprint density at radius 2 is 2.00 bits per heavy atom. The fourth-order valence-electron chi connectivity index (χ4n) is 1.69. The van der Waals surface area contributed by atoms with E-state index < -0.39 is 5.91 Å². The number of carbonyl (C=O) groups is 3. The van der Waals surface area contributed by atoms with E-state index in [-0.39, 0.29) is 31.4 Å². The van der Waals surface area contributed by atoms with E-state index in [0.717, 1.165) is 9.37 Å². The summed E-state index contributed by atoms with van der Waals surface area (Å²) in [5.74, 6) is -1.18. The van der Waals surface area contributed by atoms with Gasteiger partial charge in [-0.1, -0.05) is 22.0 Å². The molecule has 2 rings (SSSR count). The number of nitrogens with one attached hydrogen (secondary N) is 2. The molecule has 1 aromatic carbocycles.